The van der Waals surface area contributed by atoms with E-state index in [1.807, 2.05) is 30.2 Å². The van der Waals surface area contributed by atoms with E-state index in [9.17, 15) is 4.79 Å². The summed E-state index contributed by atoms with van der Waals surface area (Å²) in [6.07, 6.45) is 9.54. The molecule has 0 aliphatic carbocycles. The molecule has 4 heterocycles. The number of pyridine rings is 1. The van der Waals surface area contributed by atoms with Crippen LogP contribution < -0.4 is 4.74 Å². The standard InChI is InChI=1S/C21H27N5O2/c1-15-20(6-3-9-23-15)28-21-14-22-13-18(24-21)19-5-4-10-26(19)17-7-11-25(12-8-17)16(2)27/h3,6,9,13-14,17,19H,4-5,7-8,10-12H2,1-2H3. The average molecular weight is 381 g/mol. The van der Waals surface area contributed by atoms with Crippen molar-refractivity contribution < 1.29 is 9.53 Å². The number of hydrogen-bond acceptors (Lipinski definition) is 6. The van der Waals surface area contributed by atoms with E-state index in [-0.39, 0.29) is 11.9 Å². The molecule has 1 amide bonds. The van der Waals surface area contributed by atoms with Crippen LogP contribution in [0.15, 0.2) is 30.7 Å². The molecule has 28 heavy (non-hydrogen) atoms. The van der Waals surface area contributed by atoms with Gasteiger partial charge in [-0.1, -0.05) is 0 Å². The number of carbonyl (C=O) groups is 1. The molecule has 0 radical (unpaired) electrons. The predicted molar refractivity (Wildman–Crippen MR) is 105 cm³/mol. The average Bonchev–Trinajstić information content (AvgIpc) is 3.20. The van der Waals surface area contributed by atoms with Crippen LogP contribution in [0.25, 0.3) is 0 Å². The fourth-order valence-electron chi connectivity index (χ4n) is 4.32. The third-order valence-electron chi connectivity index (χ3n) is 5.82. The number of piperidine rings is 1. The highest BCUT2D eigenvalue weighted by Crippen LogP contribution is 2.36. The van der Waals surface area contributed by atoms with Gasteiger partial charge in [0.15, 0.2) is 5.75 Å². The van der Waals surface area contributed by atoms with Gasteiger partial charge >= 0.3 is 0 Å². The minimum absolute atomic E-state index is 0.179. The lowest BCUT2D eigenvalue weighted by molar-refractivity contribution is -0.130. The maximum atomic E-state index is 11.6. The van der Waals surface area contributed by atoms with Crippen molar-refractivity contribution in [3.05, 3.63) is 42.1 Å². The van der Waals surface area contributed by atoms with Crippen LogP contribution in [0, 0.1) is 6.92 Å². The third-order valence-corrected chi connectivity index (χ3v) is 5.82. The molecule has 2 saturated heterocycles. The van der Waals surface area contributed by atoms with Crippen molar-refractivity contribution in [1.82, 2.24) is 24.8 Å². The number of likely N-dealkylation sites (tertiary alicyclic amines) is 2. The molecule has 2 aromatic rings. The predicted octanol–water partition coefficient (Wildman–Crippen LogP) is 3.12. The molecule has 148 valence electrons. The highest BCUT2D eigenvalue weighted by Gasteiger charge is 2.35. The zero-order valence-corrected chi connectivity index (χ0v) is 16.5. The summed E-state index contributed by atoms with van der Waals surface area (Å²) in [6.45, 7) is 6.34. The Labute approximate surface area is 165 Å². The van der Waals surface area contributed by atoms with E-state index in [0.29, 0.717) is 17.7 Å². The topological polar surface area (TPSA) is 71.5 Å². The van der Waals surface area contributed by atoms with Gasteiger partial charge in [0.05, 0.1) is 29.8 Å². The van der Waals surface area contributed by atoms with E-state index in [1.54, 1.807) is 19.3 Å². The Hall–Kier alpha value is -2.54. The Morgan fingerprint density at radius 1 is 1.18 bits per heavy atom. The molecule has 1 unspecified atom stereocenters. The Kier molecular flexibility index (Phi) is 5.52. The number of rotatable bonds is 4. The molecule has 0 N–H and O–H groups in total. The molecular formula is C21H27N5O2. The number of aromatic nitrogens is 3. The van der Waals surface area contributed by atoms with Crippen LogP contribution in [-0.4, -0.2) is 56.3 Å². The summed E-state index contributed by atoms with van der Waals surface area (Å²) in [5.41, 5.74) is 1.79. The Balaban J connectivity index is 1.47. The van der Waals surface area contributed by atoms with Crippen LogP contribution in [0.3, 0.4) is 0 Å². The molecule has 7 nitrogen and oxygen atoms in total. The van der Waals surface area contributed by atoms with E-state index in [4.69, 9.17) is 9.72 Å². The van der Waals surface area contributed by atoms with E-state index < -0.39 is 0 Å². The smallest absolute Gasteiger partial charge is 0.238 e. The summed E-state index contributed by atoms with van der Waals surface area (Å²) in [5.74, 6) is 1.39. The number of ether oxygens (including phenoxy) is 1. The number of nitrogens with zero attached hydrogens (tertiary/aromatic N) is 5. The SMILES string of the molecule is CC(=O)N1CCC(N2CCCC2c2cncc(Oc3cccnc3C)n2)CC1. The fraction of sp³-hybridized carbons (Fsp3) is 0.524. The first kappa shape index (κ1) is 18.8. The summed E-state index contributed by atoms with van der Waals surface area (Å²) >= 11 is 0. The lowest BCUT2D eigenvalue weighted by atomic mass is 10.0. The van der Waals surface area contributed by atoms with Crippen molar-refractivity contribution in [1.29, 1.82) is 0 Å². The monoisotopic (exact) mass is 381 g/mol. The number of hydrogen-bond donors (Lipinski definition) is 0. The van der Waals surface area contributed by atoms with Crippen molar-refractivity contribution in [3.8, 4) is 11.6 Å². The van der Waals surface area contributed by atoms with E-state index in [2.05, 4.69) is 14.9 Å². The third kappa shape index (κ3) is 3.99. The van der Waals surface area contributed by atoms with Gasteiger partial charge in [0.1, 0.15) is 0 Å². The molecule has 2 aliphatic heterocycles. The van der Waals surface area contributed by atoms with Crippen LogP contribution in [0.4, 0.5) is 0 Å². The van der Waals surface area contributed by atoms with Gasteiger partial charge in [0.25, 0.3) is 0 Å². The number of aryl methyl sites for hydroxylation is 1. The number of carbonyl (C=O) groups excluding carboxylic acids is 1. The second-order valence-corrected chi connectivity index (χ2v) is 7.60. The van der Waals surface area contributed by atoms with Crippen molar-refractivity contribution in [2.75, 3.05) is 19.6 Å². The summed E-state index contributed by atoms with van der Waals surface area (Å²) in [5, 5.41) is 0. The maximum absolute atomic E-state index is 11.6. The van der Waals surface area contributed by atoms with E-state index in [0.717, 1.165) is 56.7 Å². The van der Waals surface area contributed by atoms with Gasteiger partial charge in [-0.25, -0.2) is 4.98 Å². The molecular weight excluding hydrogens is 354 g/mol. The van der Waals surface area contributed by atoms with Crippen molar-refractivity contribution in [3.63, 3.8) is 0 Å². The van der Waals surface area contributed by atoms with E-state index >= 15 is 0 Å². The van der Waals surface area contributed by atoms with Gasteiger partial charge in [-0.3, -0.25) is 19.7 Å². The zero-order chi connectivity index (χ0) is 19.5. The molecule has 0 saturated carbocycles. The summed E-state index contributed by atoms with van der Waals surface area (Å²) < 4.78 is 5.93. The molecule has 7 heteroatoms. The second kappa shape index (κ2) is 8.22. The largest absolute Gasteiger partial charge is 0.436 e. The highest BCUT2D eigenvalue weighted by molar-refractivity contribution is 5.73. The van der Waals surface area contributed by atoms with Gasteiger partial charge in [-0.2, -0.15) is 0 Å². The summed E-state index contributed by atoms with van der Waals surface area (Å²) in [4.78, 5) is 29.5. The lowest BCUT2D eigenvalue weighted by Gasteiger charge is -2.39. The Morgan fingerprint density at radius 2 is 2.00 bits per heavy atom. The van der Waals surface area contributed by atoms with Gasteiger partial charge in [-0.05, 0) is 51.3 Å². The molecule has 1 atom stereocenters. The maximum Gasteiger partial charge on any atom is 0.238 e. The molecule has 2 aromatic heterocycles. The van der Waals surface area contributed by atoms with Crippen LogP contribution in [-0.2, 0) is 4.79 Å². The van der Waals surface area contributed by atoms with E-state index in [1.165, 1.54) is 0 Å². The zero-order valence-electron chi connectivity index (χ0n) is 16.5. The van der Waals surface area contributed by atoms with Crippen molar-refractivity contribution >= 4 is 5.91 Å². The number of amides is 1. The summed E-state index contributed by atoms with van der Waals surface area (Å²) in [7, 11) is 0. The fourth-order valence-corrected chi connectivity index (χ4v) is 4.32. The lowest BCUT2D eigenvalue weighted by Crippen LogP contribution is -2.46. The first-order chi connectivity index (χ1) is 13.6. The molecule has 0 aromatic carbocycles. The van der Waals surface area contributed by atoms with Crippen LogP contribution >= 0.6 is 0 Å². The molecule has 0 spiro atoms. The molecule has 2 fully saturated rings. The Bertz CT molecular complexity index is 835. The first-order valence-corrected chi connectivity index (χ1v) is 10.0. The second-order valence-electron chi connectivity index (χ2n) is 7.60. The molecule has 0 bridgehead atoms. The van der Waals surface area contributed by atoms with Gasteiger partial charge in [-0.15, -0.1) is 0 Å². The quantitative estimate of drug-likeness (QED) is 0.810. The van der Waals surface area contributed by atoms with Crippen LogP contribution in [0.5, 0.6) is 11.6 Å². The van der Waals surface area contributed by atoms with Crippen LogP contribution in [0.2, 0.25) is 0 Å². The molecule has 4 rings (SSSR count). The van der Waals surface area contributed by atoms with Crippen molar-refractivity contribution in [2.24, 2.45) is 0 Å². The van der Waals surface area contributed by atoms with Crippen molar-refractivity contribution in [2.45, 2.75) is 51.6 Å². The van der Waals surface area contributed by atoms with Gasteiger partial charge in [0, 0.05) is 32.3 Å². The minimum atomic E-state index is 0.179. The van der Waals surface area contributed by atoms with Gasteiger partial charge < -0.3 is 9.64 Å². The normalized spacial score (nSPS) is 21.1. The molecule has 2 aliphatic rings. The minimum Gasteiger partial charge on any atom is -0.436 e. The van der Waals surface area contributed by atoms with Gasteiger partial charge in [0.2, 0.25) is 11.8 Å². The first-order valence-electron chi connectivity index (χ1n) is 10.0. The highest BCUT2D eigenvalue weighted by atomic mass is 16.5. The summed E-state index contributed by atoms with van der Waals surface area (Å²) in [6, 6.07) is 4.50. The Morgan fingerprint density at radius 3 is 2.75 bits per heavy atom. The van der Waals surface area contributed by atoms with Crippen LogP contribution in [0.1, 0.15) is 50.0 Å².